The van der Waals surface area contributed by atoms with E-state index in [1.807, 2.05) is 49.4 Å². The highest BCUT2D eigenvalue weighted by Gasteiger charge is 2.30. The minimum atomic E-state index is -1.11. The lowest BCUT2D eigenvalue weighted by molar-refractivity contribution is -0.166. The fraction of sp³-hybridized carbons (Fsp3) is 0.360. The van der Waals surface area contributed by atoms with Crippen molar-refractivity contribution >= 4 is 5.97 Å². The van der Waals surface area contributed by atoms with Gasteiger partial charge in [-0.3, -0.25) is 0 Å². The Balaban J connectivity index is 2.11. The summed E-state index contributed by atoms with van der Waals surface area (Å²) in [6, 6.07) is 15.2. The molecule has 0 spiro atoms. The maximum absolute atomic E-state index is 12.0. The van der Waals surface area contributed by atoms with E-state index in [4.69, 9.17) is 28.8 Å². The summed E-state index contributed by atoms with van der Waals surface area (Å²) in [6.07, 6.45) is 0. The molecule has 0 N–H and O–H groups in total. The van der Waals surface area contributed by atoms with Gasteiger partial charge < -0.3 is 23.7 Å². The van der Waals surface area contributed by atoms with Crippen LogP contribution in [-0.2, 0) is 20.9 Å². The lowest BCUT2D eigenvalue weighted by Gasteiger charge is -2.21. The Hall–Kier alpha value is -3.52. The van der Waals surface area contributed by atoms with Gasteiger partial charge in [-0.15, -0.1) is 0 Å². The second kappa shape index (κ2) is 10.4. The molecule has 0 radical (unpaired) electrons. The third-order valence-corrected chi connectivity index (χ3v) is 5.06. The van der Waals surface area contributed by atoms with Crippen LogP contribution < -0.4 is 14.2 Å². The summed E-state index contributed by atoms with van der Waals surface area (Å²) < 4.78 is 29.2. The number of para-hydroxylation sites is 2. The monoisotopic (exact) mass is 454 g/mol. The summed E-state index contributed by atoms with van der Waals surface area (Å²) in [4.78, 5) is 12.0. The van der Waals surface area contributed by atoms with Crippen molar-refractivity contribution in [2.45, 2.75) is 33.0 Å². The highest BCUT2D eigenvalue weighted by molar-refractivity contribution is 5.78. The molecule has 3 rings (SSSR count). The second-order valence-corrected chi connectivity index (χ2v) is 7.73. The molecule has 176 valence electrons. The van der Waals surface area contributed by atoms with E-state index in [2.05, 4.69) is 0 Å². The molecular formula is C25H30N2O6. The van der Waals surface area contributed by atoms with Crippen LogP contribution in [-0.4, -0.2) is 49.3 Å². The largest absolute Gasteiger partial charge is 0.497 e. The smallest absolute Gasteiger partial charge is 0.337 e. The zero-order valence-electron chi connectivity index (χ0n) is 19.9. The first-order valence-electron chi connectivity index (χ1n) is 10.6. The molecular weight excluding hydrogens is 424 g/mol. The van der Waals surface area contributed by atoms with Gasteiger partial charge in [-0.05, 0) is 51.1 Å². The number of nitrogens with zero attached hydrogens (tertiary/aromatic N) is 2. The van der Waals surface area contributed by atoms with E-state index >= 15 is 0 Å². The molecule has 0 saturated heterocycles. The molecule has 33 heavy (non-hydrogen) atoms. The van der Waals surface area contributed by atoms with Crippen molar-refractivity contribution in [3.05, 3.63) is 54.2 Å². The zero-order valence-corrected chi connectivity index (χ0v) is 19.9. The van der Waals surface area contributed by atoms with Crippen molar-refractivity contribution in [3.8, 4) is 34.2 Å². The van der Waals surface area contributed by atoms with Crippen LogP contribution in [0, 0.1) is 0 Å². The summed E-state index contributed by atoms with van der Waals surface area (Å²) >= 11 is 0. The minimum absolute atomic E-state index is 0.111. The lowest BCUT2D eigenvalue weighted by Crippen LogP contribution is -2.35. The van der Waals surface area contributed by atoms with Crippen LogP contribution in [0.2, 0.25) is 0 Å². The van der Waals surface area contributed by atoms with Gasteiger partial charge in [0.1, 0.15) is 22.9 Å². The Labute approximate surface area is 194 Å². The SMILES string of the molecule is CCOc1ccccc1-n1nc(COC(C)(C)C(=O)OC)cc1-c1cc(OC)cc(OC)c1. The Kier molecular flexibility index (Phi) is 7.60. The van der Waals surface area contributed by atoms with Gasteiger partial charge in [-0.1, -0.05) is 12.1 Å². The number of esters is 1. The molecule has 0 fully saturated rings. The fourth-order valence-electron chi connectivity index (χ4n) is 3.31. The van der Waals surface area contributed by atoms with Gasteiger partial charge in [-0.2, -0.15) is 5.10 Å². The molecule has 0 unspecified atom stereocenters. The molecule has 1 aromatic heterocycles. The van der Waals surface area contributed by atoms with Crippen LogP contribution in [0.3, 0.4) is 0 Å². The van der Waals surface area contributed by atoms with E-state index in [1.54, 1.807) is 38.8 Å². The number of aromatic nitrogens is 2. The van der Waals surface area contributed by atoms with Gasteiger partial charge >= 0.3 is 5.97 Å². The molecule has 0 aliphatic heterocycles. The Morgan fingerprint density at radius 2 is 1.67 bits per heavy atom. The number of hydrogen-bond acceptors (Lipinski definition) is 7. The summed E-state index contributed by atoms with van der Waals surface area (Å²) in [5, 5.41) is 4.78. The number of carbonyl (C=O) groups is 1. The number of hydrogen-bond donors (Lipinski definition) is 0. The lowest BCUT2D eigenvalue weighted by atomic mass is 10.1. The normalized spacial score (nSPS) is 11.2. The van der Waals surface area contributed by atoms with Crippen LogP contribution in [0.25, 0.3) is 16.9 Å². The minimum Gasteiger partial charge on any atom is -0.497 e. The van der Waals surface area contributed by atoms with E-state index < -0.39 is 11.6 Å². The summed E-state index contributed by atoms with van der Waals surface area (Å²) in [5.41, 5.74) is 1.92. The predicted molar refractivity (Wildman–Crippen MR) is 124 cm³/mol. The van der Waals surface area contributed by atoms with Crippen LogP contribution in [0.4, 0.5) is 0 Å². The maximum atomic E-state index is 12.0. The van der Waals surface area contributed by atoms with Crippen molar-refractivity contribution < 1.29 is 28.5 Å². The molecule has 0 aliphatic carbocycles. The molecule has 0 aliphatic rings. The number of rotatable bonds is 10. The first-order chi connectivity index (χ1) is 15.8. The number of methoxy groups -OCH3 is 3. The van der Waals surface area contributed by atoms with Gasteiger partial charge in [0, 0.05) is 11.6 Å². The van der Waals surface area contributed by atoms with Crippen molar-refractivity contribution in [1.82, 2.24) is 9.78 Å². The number of ether oxygens (including phenoxy) is 5. The van der Waals surface area contributed by atoms with E-state index in [0.717, 1.165) is 16.9 Å². The topological polar surface area (TPSA) is 81.0 Å². The third-order valence-electron chi connectivity index (χ3n) is 5.06. The molecule has 8 heteroatoms. The fourth-order valence-corrected chi connectivity index (χ4v) is 3.31. The maximum Gasteiger partial charge on any atom is 0.337 e. The van der Waals surface area contributed by atoms with Gasteiger partial charge in [0.05, 0.1) is 45.9 Å². The van der Waals surface area contributed by atoms with Crippen LogP contribution >= 0.6 is 0 Å². The average Bonchev–Trinajstić information content (AvgIpc) is 3.26. The number of carbonyl (C=O) groups excluding carboxylic acids is 1. The molecule has 0 atom stereocenters. The van der Waals surface area contributed by atoms with E-state index in [1.165, 1.54) is 7.11 Å². The zero-order chi connectivity index (χ0) is 24.0. The van der Waals surface area contributed by atoms with Gasteiger partial charge in [-0.25, -0.2) is 9.48 Å². The van der Waals surface area contributed by atoms with Gasteiger partial charge in [0.25, 0.3) is 0 Å². The van der Waals surface area contributed by atoms with Crippen molar-refractivity contribution in [3.63, 3.8) is 0 Å². The van der Waals surface area contributed by atoms with Crippen LogP contribution in [0.15, 0.2) is 48.5 Å². The highest BCUT2D eigenvalue weighted by Crippen LogP contribution is 2.34. The molecule has 0 amide bonds. The standard InChI is InChI=1S/C25H30N2O6/c1-7-32-23-11-9-8-10-21(23)27-22(17-12-19(29-4)15-20(13-17)30-5)14-18(26-27)16-33-25(2,3)24(28)31-6/h8-15H,7,16H2,1-6H3. The predicted octanol–water partition coefficient (Wildman–Crippen LogP) is 4.42. The summed E-state index contributed by atoms with van der Waals surface area (Å²) in [5.74, 6) is 1.54. The van der Waals surface area contributed by atoms with Gasteiger partial charge in [0.2, 0.25) is 0 Å². The highest BCUT2D eigenvalue weighted by atomic mass is 16.6. The number of benzene rings is 2. The molecule has 0 saturated carbocycles. The summed E-state index contributed by atoms with van der Waals surface area (Å²) in [6.45, 7) is 5.88. The van der Waals surface area contributed by atoms with E-state index in [-0.39, 0.29) is 6.61 Å². The average molecular weight is 455 g/mol. The molecule has 1 heterocycles. The molecule has 0 bridgehead atoms. The van der Waals surface area contributed by atoms with Crippen molar-refractivity contribution in [1.29, 1.82) is 0 Å². The Morgan fingerprint density at radius 3 is 2.27 bits per heavy atom. The first kappa shape index (κ1) is 24.1. The Bertz CT molecular complexity index is 1080. The Morgan fingerprint density at radius 1 is 1.00 bits per heavy atom. The van der Waals surface area contributed by atoms with E-state index in [0.29, 0.717) is 29.5 Å². The van der Waals surface area contributed by atoms with Crippen molar-refractivity contribution in [2.24, 2.45) is 0 Å². The molecule has 8 nitrogen and oxygen atoms in total. The molecule has 3 aromatic rings. The van der Waals surface area contributed by atoms with Gasteiger partial charge in [0.15, 0.2) is 5.60 Å². The second-order valence-electron chi connectivity index (χ2n) is 7.73. The first-order valence-corrected chi connectivity index (χ1v) is 10.6. The van der Waals surface area contributed by atoms with Crippen molar-refractivity contribution in [2.75, 3.05) is 27.9 Å². The quantitative estimate of drug-likeness (QED) is 0.419. The summed E-state index contributed by atoms with van der Waals surface area (Å²) in [7, 11) is 4.55. The van der Waals surface area contributed by atoms with Crippen LogP contribution in [0.5, 0.6) is 17.2 Å². The third kappa shape index (κ3) is 5.46. The van der Waals surface area contributed by atoms with E-state index in [9.17, 15) is 4.79 Å². The van der Waals surface area contributed by atoms with Crippen LogP contribution in [0.1, 0.15) is 26.5 Å². The molecule has 2 aromatic carbocycles.